The molecule has 17 heavy (non-hydrogen) atoms. The molecule has 1 heterocycles. The molecule has 0 aliphatic carbocycles. The maximum absolute atomic E-state index is 13.2. The van der Waals surface area contributed by atoms with Crippen molar-refractivity contribution in [2.45, 2.75) is 19.5 Å². The van der Waals surface area contributed by atoms with Gasteiger partial charge in [0.25, 0.3) is 0 Å². The van der Waals surface area contributed by atoms with E-state index in [1.165, 1.54) is 12.4 Å². The summed E-state index contributed by atoms with van der Waals surface area (Å²) >= 11 is 5.61. The molecule has 2 N–H and O–H groups in total. The van der Waals surface area contributed by atoms with Gasteiger partial charge in [0.2, 0.25) is 0 Å². The van der Waals surface area contributed by atoms with Gasteiger partial charge in [-0.3, -0.25) is 5.10 Å². The standard InChI is InChI=1S/C11H12ClFN4/c1-7(11-15-6-16-17-11)14-5-8-2-3-9(12)10(13)4-8/h2-4,6-7,14H,5H2,1H3,(H,15,16,17). The van der Waals surface area contributed by atoms with Crippen LogP contribution < -0.4 is 5.32 Å². The second-order valence-corrected chi connectivity index (χ2v) is 4.13. The van der Waals surface area contributed by atoms with E-state index >= 15 is 0 Å². The molecule has 2 aromatic rings. The van der Waals surface area contributed by atoms with Crippen molar-refractivity contribution >= 4 is 11.6 Å². The highest BCUT2D eigenvalue weighted by Gasteiger charge is 2.08. The first-order valence-electron chi connectivity index (χ1n) is 5.19. The number of halogens is 2. The second kappa shape index (κ2) is 5.25. The van der Waals surface area contributed by atoms with Crippen molar-refractivity contribution < 1.29 is 4.39 Å². The van der Waals surface area contributed by atoms with Gasteiger partial charge in [0.15, 0.2) is 0 Å². The molecule has 1 unspecified atom stereocenters. The summed E-state index contributed by atoms with van der Waals surface area (Å²) < 4.78 is 13.2. The molecular formula is C11H12ClFN4. The van der Waals surface area contributed by atoms with Gasteiger partial charge in [-0.05, 0) is 24.6 Å². The van der Waals surface area contributed by atoms with Crippen LogP contribution in [0, 0.1) is 5.82 Å². The van der Waals surface area contributed by atoms with Crippen molar-refractivity contribution in [3.63, 3.8) is 0 Å². The number of aromatic amines is 1. The van der Waals surface area contributed by atoms with Gasteiger partial charge in [-0.15, -0.1) is 0 Å². The lowest BCUT2D eigenvalue weighted by atomic mass is 10.2. The smallest absolute Gasteiger partial charge is 0.142 e. The van der Waals surface area contributed by atoms with Crippen molar-refractivity contribution in [2.75, 3.05) is 0 Å². The highest BCUT2D eigenvalue weighted by molar-refractivity contribution is 6.30. The van der Waals surface area contributed by atoms with Crippen LogP contribution in [0.25, 0.3) is 0 Å². The van der Waals surface area contributed by atoms with E-state index in [0.717, 1.165) is 11.4 Å². The zero-order valence-corrected chi connectivity index (χ0v) is 10.0. The average molecular weight is 255 g/mol. The number of hydrogen-bond donors (Lipinski definition) is 2. The Morgan fingerprint density at radius 1 is 1.53 bits per heavy atom. The van der Waals surface area contributed by atoms with Crippen LogP contribution in [0.4, 0.5) is 4.39 Å². The molecule has 1 aromatic carbocycles. The Bertz CT molecular complexity index is 486. The van der Waals surface area contributed by atoms with Gasteiger partial charge in [-0.2, -0.15) is 5.10 Å². The predicted molar refractivity (Wildman–Crippen MR) is 63.0 cm³/mol. The van der Waals surface area contributed by atoms with E-state index in [0.29, 0.717) is 6.54 Å². The van der Waals surface area contributed by atoms with Crippen molar-refractivity contribution in [1.29, 1.82) is 0 Å². The average Bonchev–Trinajstić information content (AvgIpc) is 2.84. The number of hydrogen-bond acceptors (Lipinski definition) is 3. The molecule has 0 saturated heterocycles. The normalized spacial score (nSPS) is 12.6. The molecule has 4 nitrogen and oxygen atoms in total. The SMILES string of the molecule is CC(NCc1ccc(Cl)c(F)c1)c1ncn[nH]1. The van der Waals surface area contributed by atoms with Gasteiger partial charge in [-0.25, -0.2) is 9.37 Å². The summed E-state index contributed by atoms with van der Waals surface area (Å²) in [6.45, 7) is 2.49. The van der Waals surface area contributed by atoms with Crippen molar-refractivity contribution in [1.82, 2.24) is 20.5 Å². The molecule has 0 bridgehead atoms. The fourth-order valence-corrected chi connectivity index (χ4v) is 1.56. The molecule has 0 fully saturated rings. The molecule has 0 spiro atoms. The summed E-state index contributed by atoms with van der Waals surface area (Å²) in [6, 6.07) is 4.78. The molecule has 6 heteroatoms. The molecule has 0 aliphatic rings. The van der Waals surface area contributed by atoms with Gasteiger partial charge in [0, 0.05) is 6.54 Å². The van der Waals surface area contributed by atoms with Crippen LogP contribution in [0.1, 0.15) is 24.4 Å². The topological polar surface area (TPSA) is 53.6 Å². The monoisotopic (exact) mass is 254 g/mol. The van der Waals surface area contributed by atoms with E-state index in [-0.39, 0.29) is 11.1 Å². The van der Waals surface area contributed by atoms with Crippen LogP contribution in [0.5, 0.6) is 0 Å². The fourth-order valence-electron chi connectivity index (χ4n) is 1.44. The van der Waals surface area contributed by atoms with Crippen LogP contribution in [-0.4, -0.2) is 15.2 Å². The summed E-state index contributed by atoms with van der Waals surface area (Å²) in [4.78, 5) is 4.04. The van der Waals surface area contributed by atoms with Crippen LogP contribution in [-0.2, 0) is 6.54 Å². The number of benzene rings is 1. The Balaban J connectivity index is 1.96. The van der Waals surface area contributed by atoms with E-state index in [9.17, 15) is 4.39 Å². The lowest BCUT2D eigenvalue weighted by Gasteiger charge is -2.11. The Hall–Kier alpha value is -1.46. The predicted octanol–water partition coefficient (Wildman–Crippen LogP) is 2.45. The first-order chi connectivity index (χ1) is 8.16. The highest BCUT2D eigenvalue weighted by Crippen LogP contribution is 2.16. The van der Waals surface area contributed by atoms with Crippen molar-refractivity contribution in [2.24, 2.45) is 0 Å². The van der Waals surface area contributed by atoms with E-state index < -0.39 is 5.82 Å². The molecule has 1 aromatic heterocycles. The number of nitrogens with zero attached hydrogens (tertiary/aromatic N) is 2. The first-order valence-corrected chi connectivity index (χ1v) is 5.57. The summed E-state index contributed by atoms with van der Waals surface area (Å²) in [5.41, 5.74) is 0.832. The van der Waals surface area contributed by atoms with Gasteiger partial charge in [-0.1, -0.05) is 17.7 Å². The Morgan fingerprint density at radius 3 is 3.00 bits per heavy atom. The third-order valence-corrected chi connectivity index (χ3v) is 2.75. The summed E-state index contributed by atoms with van der Waals surface area (Å²) in [7, 11) is 0. The molecule has 0 saturated carbocycles. The quantitative estimate of drug-likeness (QED) is 0.881. The number of H-pyrrole nitrogens is 1. The minimum Gasteiger partial charge on any atom is -0.303 e. The minimum atomic E-state index is -0.404. The maximum Gasteiger partial charge on any atom is 0.142 e. The summed E-state index contributed by atoms with van der Waals surface area (Å²) in [5.74, 6) is 0.345. The van der Waals surface area contributed by atoms with Crippen LogP contribution in [0.2, 0.25) is 5.02 Å². The highest BCUT2D eigenvalue weighted by atomic mass is 35.5. The van der Waals surface area contributed by atoms with Crippen LogP contribution in [0.3, 0.4) is 0 Å². The number of aromatic nitrogens is 3. The molecule has 0 aliphatic heterocycles. The largest absolute Gasteiger partial charge is 0.303 e. The third-order valence-electron chi connectivity index (χ3n) is 2.44. The number of nitrogens with one attached hydrogen (secondary N) is 2. The number of rotatable bonds is 4. The maximum atomic E-state index is 13.2. The molecule has 2 rings (SSSR count). The lowest BCUT2D eigenvalue weighted by molar-refractivity contribution is 0.545. The zero-order valence-electron chi connectivity index (χ0n) is 9.24. The fraction of sp³-hybridized carbons (Fsp3) is 0.273. The minimum absolute atomic E-state index is 0.0243. The van der Waals surface area contributed by atoms with Gasteiger partial charge in [0.05, 0.1) is 11.1 Å². The molecule has 0 radical (unpaired) electrons. The van der Waals surface area contributed by atoms with E-state index in [1.807, 2.05) is 6.92 Å². The third kappa shape index (κ3) is 3.01. The van der Waals surface area contributed by atoms with E-state index in [2.05, 4.69) is 20.5 Å². The van der Waals surface area contributed by atoms with Crippen molar-refractivity contribution in [3.05, 3.63) is 46.8 Å². The molecular weight excluding hydrogens is 243 g/mol. The first kappa shape index (κ1) is 12.0. The van der Waals surface area contributed by atoms with Crippen LogP contribution >= 0.6 is 11.6 Å². The summed E-state index contributed by atoms with van der Waals surface area (Å²) in [5, 5.41) is 9.89. The zero-order chi connectivity index (χ0) is 12.3. The lowest BCUT2D eigenvalue weighted by Crippen LogP contribution is -2.19. The molecule has 0 amide bonds. The van der Waals surface area contributed by atoms with Gasteiger partial charge < -0.3 is 5.32 Å². The van der Waals surface area contributed by atoms with Gasteiger partial charge in [0.1, 0.15) is 18.0 Å². The summed E-state index contributed by atoms with van der Waals surface area (Å²) in [6.07, 6.45) is 1.45. The second-order valence-electron chi connectivity index (χ2n) is 3.72. The Morgan fingerprint density at radius 2 is 2.35 bits per heavy atom. The van der Waals surface area contributed by atoms with E-state index in [1.54, 1.807) is 12.1 Å². The molecule has 90 valence electrons. The molecule has 1 atom stereocenters. The van der Waals surface area contributed by atoms with Gasteiger partial charge >= 0.3 is 0 Å². The Kier molecular flexibility index (Phi) is 3.71. The van der Waals surface area contributed by atoms with E-state index in [4.69, 9.17) is 11.6 Å². The van der Waals surface area contributed by atoms with Crippen molar-refractivity contribution in [3.8, 4) is 0 Å². The Labute approximate surface area is 103 Å². The van der Waals surface area contributed by atoms with Crippen LogP contribution in [0.15, 0.2) is 24.5 Å².